The summed E-state index contributed by atoms with van der Waals surface area (Å²) < 4.78 is 13.0. The molecule has 1 aliphatic heterocycles. The first kappa shape index (κ1) is 18.5. The first-order chi connectivity index (χ1) is 11.6. The van der Waals surface area contributed by atoms with E-state index in [1.54, 1.807) is 0 Å². The van der Waals surface area contributed by atoms with Crippen LogP contribution in [0.25, 0.3) is 0 Å². The molecule has 1 aromatic rings. The highest BCUT2D eigenvalue weighted by Crippen LogP contribution is 2.17. The van der Waals surface area contributed by atoms with Crippen molar-refractivity contribution in [3.63, 3.8) is 0 Å². The lowest BCUT2D eigenvalue weighted by atomic mass is 10.0. The van der Waals surface area contributed by atoms with E-state index in [1.807, 2.05) is 12.1 Å². The Labute approximate surface area is 144 Å². The van der Waals surface area contributed by atoms with Crippen LogP contribution in [0.5, 0.6) is 0 Å². The van der Waals surface area contributed by atoms with Crippen molar-refractivity contribution in [2.45, 2.75) is 26.2 Å². The Morgan fingerprint density at radius 1 is 1.21 bits per heavy atom. The maximum atomic E-state index is 13.0. The summed E-state index contributed by atoms with van der Waals surface area (Å²) in [6.07, 6.45) is 2.94. The monoisotopic (exact) mass is 336 g/mol. The van der Waals surface area contributed by atoms with E-state index in [0.29, 0.717) is 18.4 Å². The average Bonchev–Trinajstić information content (AvgIpc) is 2.60. The molecule has 1 aromatic carbocycles. The molecule has 5 nitrogen and oxygen atoms in total. The summed E-state index contributed by atoms with van der Waals surface area (Å²) in [5.41, 5.74) is 7.18. The Balaban J connectivity index is 1.84. The summed E-state index contributed by atoms with van der Waals surface area (Å²) >= 11 is 0. The summed E-state index contributed by atoms with van der Waals surface area (Å²) in [7, 11) is 0. The van der Waals surface area contributed by atoms with Crippen LogP contribution in [0.15, 0.2) is 29.3 Å². The number of rotatable bonds is 7. The molecule has 134 valence electrons. The smallest absolute Gasteiger partial charge is 0.191 e. The molecule has 1 aliphatic rings. The van der Waals surface area contributed by atoms with Crippen molar-refractivity contribution < 1.29 is 9.50 Å². The van der Waals surface area contributed by atoms with Gasteiger partial charge in [-0.25, -0.2) is 4.39 Å². The normalized spacial score (nSPS) is 17.2. The second kappa shape index (κ2) is 9.47. The number of guanidine groups is 1. The van der Waals surface area contributed by atoms with Crippen LogP contribution in [0.3, 0.4) is 0 Å². The van der Waals surface area contributed by atoms with Crippen LogP contribution in [0.4, 0.5) is 10.1 Å². The Hall–Kier alpha value is -1.82. The minimum atomic E-state index is -0.210. The highest BCUT2D eigenvalue weighted by atomic mass is 19.1. The molecule has 0 radical (unpaired) electrons. The van der Waals surface area contributed by atoms with Crippen molar-refractivity contribution in [3.05, 3.63) is 30.1 Å². The Bertz CT molecular complexity index is 506. The lowest BCUT2D eigenvalue weighted by Crippen LogP contribution is -2.51. The number of aliphatic imine (C=N–C) groups is 1. The van der Waals surface area contributed by atoms with Crippen LogP contribution >= 0.6 is 0 Å². The first-order valence-electron chi connectivity index (χ1n) is 8.80. The van der Waals surface area contributed by atoms with Gasteiger partial charge in [-0.1, -0.05) is 13.3 Å². The Morgan fingerprint density at radius 2 is 1.88 bits per heavy atom. The summed E-state index contributed by atoms with van der Waals surface area (Å²) in [6.45, 7) is 6.34. The maximum Gasteiger partial charge on any atom is 0.191 e. The van der Waals surface area contributed by atoms with Crippen molar-refractivity contribution in [1.29, 1.82) is 0 Å². The molecule has 1 saturated heterocycles. The van der Waals surface area contributed by atoms with Crippen molar-refractivity contribution in [3.8, 4) is 0 Å². The van der Waals surface area contributed by atoms with E-state index in [9.17, 15) is 4.39 Å². The van der Waals surface area contributed by atoms with Crippen LogP contribution in [-0.4, -0.2) is 55.3 Å². The second-order valence-electron chi connectivity index (χ2n) is 6.32. The molecule has 1 unspecified atom stereocenters. The molecule has 0 bridgehead atoms. The summed E-state index contributed by atoms with van der Waals surface area (Å²) in [5.74, 6) is 0.783. The molecule has 1 heterocycles. The third-order valence-electron chi connectivity index (χ3n) is 4.54. The quantitative estimate of drug-likeness (QED) is 0.591. The van der Waals surface area contributed by atoms with Crippen molar-refractivity contribution >= 4 is 11.6 Å². The number of aliphatic hydroxyl groups excluding tert-OH is 1. The van der Waals surface area contributed by atoms with E-state index in [-0.39, 0.29) is 12.4 Å². The van der Waals surface area contributed by atoms with Gasteiger partial charge in [0, 0.05) is 45.0 Å². The van der Waals surface area contributed by atoms with E-state index in [0.717, 1.165) is 51.1 Å². The molecule has 3 N–H and O–H groups in total. The second-order valence-corrected chi connectivity index (χ2v) is 6.32. The summed E-state index contributed by atoms with van der Waals surface area (Å²) in [6, 6.07) is 6.61. The minimum Gasteiger partial charge on any atom is -0.396 e. The largest absolute Gasteiger partial charge is 0.396 e. The van der Waals surface area contributed by atoms with Crippen LogP contribution in [-0.2, 0) is 0 Å². The van der Waals surface area contributed by atoms with Gasteiger partial charge in [-0.2, -0.15) is 0 Å². The molecule has 6 heteroatoms. The fraction of sp³-hybridized carbons (Fsp3) is 0.611. The van der Waals surface area contributed by atoms with Gasteiger partial charge in [0.25, 0.3) is 0 Å². The lowest BCUT2D eigenvalue weighted by molar-refractivity contribution is 0.253. The maximum absolute atomic E-state index is 13.0. The molecule has 1 atom stereocenters. The van der Waals surface area contributed by atoms with Gasteiger partial charge in [0.1, 0.15) is 5.82 Å². The number of nitrogens with two attached hydrogens (primary N) is 1. The molecule has 2 rings (SSSR count). The number of anilines is 1. The third kappa shape index (κ3) is 5.37. The fourth-order valence-electron chi connectivity index (χ4n) is 3.09. The zero-order valence-corrected chi connectivity index (χ0v) is 14.5. The van der Waals surface area contributed by atoms with Crippen LogP contribution in [0.2, 0.25) is 0 Å². The standard InChI is InChI=1S/C18H29FN4O/c1-2-3-15(8-13-24)14-21-18(20)23-11-9-22(10-12-23)17-6-4-16(19)5-7-17/h4-7,15,24H,2-3,8-14H2,1H3,(H2,20,21). The highest BCUT2D eigenvalue weighted by Gasteiger charge is 2.19. The predicted molar refractivity (Wildman–Crippen MR) is 96.8 cm³/mol. The topological polar surface area (TPSA) is 65.1 Å². The van der Waals surface area contributed by atoms with E-state index in [4.69, 9.17) is 10.8 Å². The zero-order chi connectivity index (χ0) is 17.4. The van der Waals surface area contributed by atoms with Gasteiger partial charge in [-0.05, 0) is 43.0 Å². The third-order valence-corrected chi connectivity index (χ3v) is 4.54. The van der Waals surface area contributed by atoms with Gasteiger partial charge in [0.15, 0.2) is 5.96 Å². The number of halogens is 1. The van der Waals surface area contributed by atoms with E-state index < -0.39 is 0 Å². The number of nitrogens with zero attached hydrogens (tertiary/aromatic N) is 3. The molecular weight excluding hydrogens is 307 g/mol. The molecule has 0 aliphatic carbocycles. The van der Waals surface area contributed by atoms with Gasteiger partial charge in [0.2, 0.25) is 0 Å². The minimum absolute atomic E-state index is 0.205. The Kier molecular flexibility index (Phi) is 7.31. The van der Waals surface area contributed by atoms with Gasteiger partial charge in [-0.15, -0.1) is 0 Å². The van der Waals surface area contributed by atoms with Crippen LogP contribution in [0, 0.1) is 11.7 Å². The molecule has 24 heavy (non-hydrogen) atoms. The van der Waals surface area contributed by atoms with Crippen molar-refractivity contribution in [1.82, 2.24) is 4.90 Å². The summed E-state index contributed by atoms with van der Waals surface area (Å²) in [5, 5.41) is 9.11. The highest BCUT2D eigenvalue weighted by molar-refractivity contribution is 5.78. The molecule has 1 fully saturated rings. The van der Waals surface area contributed by atoms with E-state index in [2.05, 4.69) is 21.7 Å². The molecular formula is C18H29FN4O. The molecule has 0 saturated carbocycles. The average molecular weight is 336 g/mol. The summed E-state index contributed by atoms with van der Waals surface area (Å²) in [4.78, 5) is 8.87. The SMILES string of the molecule is CCCC(CCO)CN=C(N)N1CCN(c2ccc(F)cc2)CC1. The zero-order valence-electron chi connectivity index (χ0n) is 14.5. The first-order valence-corrected chi connectivity index (χ1v) is 8.80. The van der Waals surface area contributed by atoms with Crippen molar-refractivity contribution in [2.75, 3.05) is 44.2 Å². The van der Waals surface area contributed by atoms with Crippen molar-refractivity contribution in [2.24, 2.45) is 16.6 Å². The predicted octanol–water partition coefficient (Wildman–Crippen LogP) is 2.06. The van der Waals surface area contributed by atoms with Gasteiger partial charge in [0.05, 0.1) is 0 Å². The van der Waals surface area contributed by atoms with E-state index in [1.165, 1.54) is 12.1 Å². The van der Waals surface area contributed by atoms with Gasteiger partial charge >= 0.3 is 0 Å². The van der Waals surface area contributed by atoms with Crippen LogP contribution in [0.1, 0.15) is 26.2 Å². The number of benzene rings is 1. The molecule has 0 spiro atoms. The molecule has 0 amide bonds. The number of piperazine rings is 1. The number of aliphatic hydroxyl groups is 1. The molecule has 0 aromatic heterocycles. The van der Waals surface area contributed by atoms with Gasteiger partial charge < -0.3 is 20.6 Å². The number of hydrogen-bond donors (Lipinski definition) is 2. The van der Waals surface area contributed by atoms with Crippen LogP contribution < -0.4 is 10.6 Å². The van der Waals surface area contributed by atoms with Gasteiger partial charge in [-0.3, -0.25) is 4.99 Å². The number of hydrogen-bond acceptors (Lipinski definition) is 3. The fourth-order valence-corrected chi connectivity index (χ4v) is 3.09. The Morgan fingerprint density at radius 3 is 2.46 bits per heavy atom. The van der Waals surface area contributed by atoms with E-state index >= 15 is 0 Å². The lowest BCUT2D eigenvalue weighted by Gasteiger charge is -2.36.